The first kappa shape index (κ1) is 21.4. The molecule has 0 saturated heterocycles. The number of carbonyl (C=O) groups is 1. The van der Waals surface area contributed by atoms with Crippen LogP contribution in [0.15, 0.2) is 48.5 Å². The van der Waals surface area contributed by atoms with Gasteiger partial charge in [0.2, 0.25) is 0 Å². The van der Waals surface area contributed by atoms with E-state index in [9.17, 15) is 18.0 Å². The molecule has 4 rings (SSSR count). The van der Waals surface area contributed by atoms with E-state index < -0.39 is 28.7 Å². The number of benzene rings is 2. The van der Waals surface area contributed by atoms with Gasteiger partial charge in [0.1, 0.15) is 11.9 Å². The maximum absolute atomic E-state index is 13.5. The Labute approximate surface area is 182 Å². The van der Waals surface area contributed by atoms with Crippen LogP contribution in [-0.2, 0) is 12.7 Å². The number of hydrogen-bond acceptors (Lipinski definition) is 3. The highest BCUT2D eigenvalue weighted by Crippen LogP contribution is 2.39. The van der Waals surface area contributed by atoms with E-state index in [0.29, 0.717) is 12.4 Å². The van der Waals surface area contributed by atoms with Crippen molar-refractivity contribution in [1.29, 1.82) is 0 Å². The number of halogens is 4. The minimum Gasteiger partial charge on any atom is -0.322 e. The van der Waals surface area contributed by atoms with Crippen LogP contribution in [0.25, 0.3) is 0 Å². The first-order valence-electron chi connectivity index (χ1n) is 9.84. The molecule has 3 aromatic rings. The van der Waals surface area contributed by atoms with Gasteiger partial charge in [0.05, 0.1) is 16.1 Å². The first-order chi connectivity index (χ1) is 14.7. The van der Waals surface area contributed by atoms with Gasteiger partial charge < -0.3 is 9.47 Å². The number of hydrogen-bond donors (Lipinski definition) is 0. The number of nitrogens with zero attached hydrogens (tertiary/aromatic N) is 4. The van der Waals surface area contributed by atoms with Gasteiger partial charge in [-0.3, -0.25) is 4.79 Å². The fourth-order valence-electron chi connectivity index (χ4n) is 3.92. The topological polar surface area (TPSA) is 51.0 Å². The number of amides is 1. The van der Waals surface area contributed by atoms with Gasteiger partial charge in [-0.2, -0.15) is 13.2 Å². The molecule has 0 saturated carbocycles. The predicted molar refractivity (Wildman–Crippen MR) is 110 cm³/mol. The Morgan fingerprint density at radius 1 is 1.06 bits per heavy atom. The Kier molecular flexibility index (Phi) is 5.51. The third-order valence-corrected chi connectivity index (χ3v) is 5.76. The molecular weight excluding hydrogens is 429 g/mol. The maximum Gasteiger partial charge on any atom is 0.417 e. The minimum atomic E-state index is -4.65. The molecule has 31 heavy (non-hydrogen) atoms. The van der Waals surface area contributed by atoms with Crippen LogP contribution in [0.3, 0.4) is 0 Å². The van der Waals surface area contributed by atoms with Gasteiger partial charge in [-0.25, -0.2) is 0 Å². The van der Waals surface area contributed by atoms with E-state index in [1.54, 1.807) is 0 Å². The average Bonchev–Trinajstić information content (AvgIpc) is 3.17. The second kappa shape index (κ2) is 8.00. The molecule has 0 aliphatic carbocycles. The van der Waals surface area contributed by atoms with E-state index >= 15 is 0 Å². The summed E-state index contributed by atoms with van der Waals surface area (Å²) in [4.78, 5) is 15.0. The summed E-state index contributed by atoms with van der Waals surface area (Å²) in [6, 6.07) is 12.1. The zero-order chi connectivity index (χ0) is 22.3. The number of aromatic nitrogens is 3. The van der Waals surface area contributed by atoms with Crippen molar-refractivity contribution < 1.29 is 18.0 Å². The van der Waals surface area contributed by atoms with Gasteiger partial charge in [-0.15, -0.1) is 10.2 Å². The van der Waals surface area contributed by atoms with Crippen LogP contribution in [-0.4, -0.2) is 32.1 Å². The zero-order valence-electron chi connectivity index (χ0n) is 16.9. The molecule has 1 aromatic heterocycles. The number of rotatable bonds is 3. The smallest absolute Gasteiger partial charge is 0.322 e. The molecule has 1 amide bonds. The summed E-state index contributed by atoms with van der Waals surface area (Å²) in [6.07, 6.45) is -4.65. The van der Waals surface area contributed by atoms with Crippen LogP contribution in [0.1, 0.15) is 58.9 Å². The Hall–Kier alpha value is -2.87. The van der Waals surface area contributed by atoms with Crippen LogP contribution < -0.4 is 0 Å². The Balaban J connectivity index is 1.82. The zero-order valence-corrected chi connectivity index (χ0v) is 17.7. The summed E-state index contributed by atoms with van der Waals surface area (Å²) in [5, 5.41) is 8.06. The summed E-state index contributed by atoms with van der Waals surface area (Å²) in [5.41, 5.74) is -0.421. The lowest BCUT2D eigenvalue weighted by Crippen LogP contribution is -2.43. The third kappa shape index (κ3) is 3.80. The summed E-state index contributed by atoms with van der Waals surface area (Å²) in [5.74, 6) is 0.945. The number of fused-ring (bicyclic) bond motifs is 1. The molecule has 0 fully saturated rings. The van der Waals surface area contributed by atoms with E-state index in [2.05, 4.69) is 10.2 Å². The summed E-state index contributed by atoms with van der Waals surface area (Å²) < 4.78 is 41.9. The van der Waals surface area contributed by atoms with E-state index in [0.717, 1.165) is 17.5 Å². The van der Waals surface area contributed by atoms with Crippen LogP contribution in [0.4, 0.5) is 13.2 Å². The van der Waals surface area contributed by atoms with Gasteiger partial charge in [0.25, 0.3) is 5.91 Å². The van der Waals surface area contributed by atoms with Gasteiger partial charge in [0.15, 0.2) is 5.82 Å². The standard InChI is InChI=1S/C22H20ClF3N4O/c1-13(2)19-27-28-20-18(14-7-4-3-5-8-14)29(11-12-30(19)20)21(31)15-9-6-10-16(17(15)23)22(24,25)26/h3-10,13,18H,11-12H2,1-2H3/t18-/m1/s1. The highest BCUT2D eigenvalue weighted by atomic mass is 35.5. The molecule has 0 N–H and O–H groups in total. The van der Waals surface area contributed by atoms with E-state index in [1.165, 1.54) is 17.0 Å². The monoisotopic (exact) mass is 448 g/mol. The highest BCUT2D eigenvalue weighted by molar-refractivity contribution is 6.34. The number of alkyl halides is 3. The molecule has 2 heterocycles. The quantitative estimate of drug-likeness (QED) is 0.545. The lowest BCUT2D eigenvalue weighted by atomic mass is 10.00. The largest absolute Gasteiger partial charge is 0.417 e. The molecule has 162 valence electrons. The minimum absolute atomic E-state index is 0.137. The number of carbonyl (C=O) groups excluding carboxylic acids is 1. The molecule has 1 aliphatic heterocycles. The van der Waals surface area contributed by atoms with Crippen molar-refractivity contribution in [3.63, 3.8) is 0 Å². The molecule has 5 nitrogen and oxygen atoms in total. The van der Waals surface area contributed by atoms with Crippen molar-refractivity contribution in [3.8, 4) is 0 Å². The van der Waals surface area contributed by atoms with Crippen molar-refractivity contribution in [2.24, 2.45) is 0 Å². The molecule has 0 unspecified atom stereocenters. The summed E-state index contributed by atoms with van der Waals surface area (Å²) in [6.45, 7) is 4.75. The SMILES string of the molecule is CC(C)c1nnc2n1CCN(C(=O)c1cccc(C(F)(F)F)c1Cl)[C@@H]2c1ccccc1. The first-order valence-corrected chi connectivity index (χ1v) is 10.2. The molecule has 9 heteroatoms. The summed E-state index contributed by atoms with van der Waals surface area (Å²) in [7, 11) is 0. The fraction of sp³-hybridized carbons (Fsp3) is 0.318. The lowest BCUT2D eigenvalue weighted by molar-refractivity contribution is -0.137. The Bertz CT molecular complexity index is 1110. The van der Waals surface area contributed by atoms with Crippen molar-refractivity contribution in [1.82, 2.24) is 19.7 Å². The van der Waals surface area contributed by atoms with Crippen molar-refractivity contribution >= 4 is 17.5 Å². The maximum atomic E-state index is 13.5. The molecule has 2 aromatic carbocycles. The lowest BCUT2D eigenvalue weighted by Gasteiger charge is -2.36. The normalized spacial score (nSPS) is 16.5. The molecule has 0 spiro atoms. The van der Waals surface area contributed by atoms with E-state index in [1.807, 2.05) is 48.7 Å². The van der Waals surface area contributed by atoms with Gasteiger partial charge in [-0.1, -0.05) is 61.8 Å². The molecular formula is C22H20ClF3N4O. The van der Waals surface area contributed by atoms with E-state index in [-0.39, 0.29) is 18.0 Å². The van der Waals surface area contributed by atoms with E-state index in [4.69, 9.17) is 11.6 Å². The Morgan fingerprint density at radius 2 is 1.77 bits per heavy atom. The van der Waals surface area contributed by atoms with Crippen molar-refractivity contribution in [2.45, 2.75) is 38.5 Å². The predicted octanol–water partition coefficient (Wildman–Crippen LogP) is 5.32. The van der Waals surface area contributed by atoms with Crippen molar-refractivity contribution in [3.05, 3.63) is 81.9 Å². The molecule has 1 aliphatic rings. The van der Waals surface area contributed by atoms with Gasteiger partial charge in [0, 0.05) is 19.0 Å². The highest BCUT2D eigenvalue weighted by Gasteiger charge is 2.39. The van der Waals surface area contributed by atoms with Gasteiger partial charge in [-0.05, 0) is 17.7 Å². The third-order valence-electron chi connectivity index (χ3n) is 5.36. The molecule has 0 radical (unpaired) electrons. The van der Waals surface area contributed by atoms with Crippen LogP contribution in [0.2, 0.25) is 5.02 Å². The fourth-order valence-corrected chi connectivity index (χ4v) is 4.23. The Morgan fingerprint density at radius 3 is 2.42 bits per heavy atom. The molecule has 0 bridgehead atoms. The second-order valence-electron chi connectivity index (χ2n) is 7.70. The average molecular weight is 449 g/mol. The van der Waals surface area contributed by atoms with Crippen LogP contribution >= 0.6 is 11.6 Å². The van der Waals surface area contributed by atoms with Crippen molar-refractivity contribution in [2.75, 3.05) is 6.54 Å². The van der Waals surface area contributed by atoms with Crippen LogP contribution in [0.5, 0.6) is 0 Å². The summed E-state index contributed by atoms with van der Waals surface area (Å²) >= 11 is 6.05. The van der Waals surface area contributed by atoms with Gasteiger partial charge >= 0.3 is 6.18 Å². The second-order valence-corrected chi connectivity index (χ2v) is 8.08. The molecule has 1 atom stereocenters. The van der Waals surface area contributed by atoms with Crippen LogP contribution in [0, 0.1) is 0 Å².